The minimum Gasteiger partial charge on any atom is -0.463 e. The minimum atomic E-state index is -1.95. The third-order valence-electron chi connectivity index (χ3n) is 7.21. The van der Waals surface area contributed by atoms with Gasteiger partial charge in [0.25, 0.3) is 0 Å². The van der Waals surface area contributed by atoms with Crippen molar-refractivity contribution in [3.63, 3.8) is 0 Å². The van der Waals surface area contributed by atoms with Crippen LogP contribution in [0.1, 0.15) is 30.5 Å². The van der Waals surface area contributed by atoms with Gasteiger partial charge < -0.3 is 30.2 Å². The second kappa shape index (κ2) is 9.48. The molecule has 188 valence electrons. The number of nitrogen functional groups attached to an aromatic ring is 1. The van der Waals surface area contributed by atoms with E-state index in [1.54, 1.807) is 6.07 Å². The van der Waals surface area contributed by atoms with Crippen LogP contribution < -0.4 is 5.73 Å². The highest BCUT2D eigenvalue weighted by Crippen LogP contribution is 2.41. The number of nitrogens with zero attached hydrogens (tertiary/aromatic N) is 4. The summed E-state index contributed by atoms with van der Waals surface area (Å²) in [6, 6.07) is 14.9. The number of rotatable bonds is 6. The Morgan fingerprint density at radius 3 is 2.69 bits per heavy atom. The van der Waals surface area contributed by atoms with Gasteiger partial charge in [0.1, 0.15) is 42.8 Å². The summed E-state index contributed by atoms with van der Waals surface area (Å²) in [6.07, 6.45) is -1.52. The molecule has 0 bridgehead atoms. The fourth-order valence-corrected chi connectivity index (χ4v) is 5.17. The highest BCUT2D eigenvalue weighted by atomic mass is 16.6. The van der Waals surface area contributed by atoms with Gasteiger partial charge in [-0.1, -0.05) is 30.3 Å². The molecule has 0 amide bonds. The normalized spacial score (nSPS) is 27.5. The standard InChI is InChI=1S/C25H27N5O6/c26-14-25(19-7-6-17-23(27)28-15-29-30(17)19)22(33)21(32)18(36-25)13-35-20(31)12-24(8-10-34-11-9-24)16-4-2-1-3-5-16/h1-7,15,18,21-22,32-33H,8-13H2,(H2,27,28,29)/t18-,21-,22-,25+/m1/s1. The van der Waals surface area contributed by atoms with Crippen molar-refractivity contribution in [2.24, 2.45) is 0 Å². The fraction of sp³-hybridized carbons (Fsp3) is 0.440. The van der Waals surface area contributed by atoms with Gasteiger partial charge in [-0.05, 0) is 30.5 Å². The third-order valence-corrected chi connectivity index (χ3v) is 7.21. The molecule has 2 saturated heterocycles. The summed E-state index contributed by atoms with van der Waals surface area (Å²) in [5.41, 5.74) is 5.17. The number of fused-ring (bicyclic) bond motifs is 1. The lowest BCUT2D eigenvalue weighted by molar-refractivity contribution is -0.153. The van der Waals surface area contributed by atoms with Crippen molar-refractivity contribution in [2.75, 3.05) is 25.6 Å². The molecule has 0 unspecified atom stereocenters. The maximum atomic E-state index is 12.9. The molecule has 3 aromatic rings. The van der Waals surface area contributed by atoms with Crippen molar-refractivity contribution in [1.82, 2.24) is 14.6 Å². The summed E-state index contributed by atoms with van der Waals surface area (Å²) in [5, 5.41) is 35.7. The highest BCUT2D eigenvalue weighted by molar-refractivity contribution is 5.71. The van der Waals surface area contributed by atoms with E-state index >= 15 is 0 Å². The fourth-order valence-electron chi connectivity index (χ4n) is 5.17. The average molecular weight is 494 g/mol. The first-order valence-corrected chi connectivity index (χ1v) is 11.7. The van der Waals surface area contributed by atoms with Crippen LogP contribution in [-0.2, 0) is 30.0 Å². The topological polar surface area (TPSA) is 165 Å². The van der Waals surface area contributed by atoms with Crippen LogP contribution >= 0.6 is 0 Å². The lowest BCUT2D eigenvalue weighted by Crippen LogP contribution is -2.41. The number of carbonyl (C=O) groups is 1. The molecule has 0 spiro atoms. The number of anilines is 1. The van der Waals surface area contributed by atoms with Crippen LogP contribution in [0.15, 0.2) is 48.8 Å². The molecule has 1 aromatic carbocycles. The number of benzene rings is 1. The van der Waals surface area contributed by atoms with Gasteiger partial charge in [0.15, 0.2) is 5.82 Å². The first-order chi connectivity index (χ1) is 17.4. The Hall–Kier alpha value is -3.56. The van der Waals surface area contributed by atoms with Gasteiger partial charge in [-0.2, -0.15) is 10.4 Å². The Labute approximate surface area is 207 Å². The summed E-state index contributed by atoms with van der Waals surface area (Å²) >= 11 is 0. The molecule has 5 rings (SSSR count). The summed E-state index contributed by atoms with van der Waals surface area (Å²) in [4.78, 5) is 16.9. The number of nitrogens with two attached hydrogens (primary N) is 1. The zero-order valence-corrected chi connectivity index (χ0v) is 19.5. The van der Waals surface area contributed by atoms with Gasteiger partial charge >= 0.3 is 5.97 Å². The SMILES string of the molecule is N#C[C@@]1(c2ccc3c(N)ncnn23)O[C@H](COC(=O)CC2(c3ccccc3)CCOCC2)[C@@H](O)[C@H]1O. The third kappa shape index (κ3) is 3.98. The quantitative estimate of drug-likeness (QED) is 0.419. The molecule has 4 heterocycles. The molecule has 2 fully saturated rings. The summed E-state index contributed by atoms with van der Waals surface area (Å²) in [7, 11) is 0. The largest absolute Gasteiger partial charge is 0.463 e. The summed E-state index contributed by atoms with van der Waals surface area (Å²) < 4.78 is 18.3. The second-order valence-corrected chi connectivity index (χ2v) is 9.22. The molecule has 0 saturated carbocycles. The van der Waals surface area contributed by atoms with E-state index in [2.05, 4.69) is 10.1 Å². The summed E-state index contributed by atoms with van der Waals surface area (Å²) in [5.74, 6) is -0.280. The lowest BCUT2D eigenvalue weighted by Gasteiger charge is -2.37. The number of aliphatic hydroxyl groups is 2. The van der Waals surface area contributed by atoms with Crippen molar-refractivity contribution < 1.29 is 29.2 Å². The van der Waals surface area contributed by atoms with Crippen LogP contribution in [0.3, 0.4) is 0 Å². The van der Waals surface area contributed by atoms with Crippen LogP contribution in [0.5, 0.6) is 0 Å². The second-order valence-electron chi connectivity index (χ2n) is 9.22. The number of hydrogen-bond donors (Lipinski definition) is 3. The summed E-state index contributed by atoms with van der Waals surface area (Å²) in [6.45, 7) is 0.758. The van der Waals surface area contributed by atoms with Gasteiger partial charge in [-0.15, -0.1) is 0 Å². The predicted molar refractivity (Wildman–Crippen MR) is 125 cm³/mol. The van der Waals surface area contributed by atoms with Crippen molar-refractivity contribution in [3.8, 4) is 6.07 Å². The van der Waals surface area contributed by atoms with Crippen molar-refractivity contribution in [2.45, 2.75) is 48.6 Å². The number of aliphatic hydroxyl groups excluding tert-OH is 2. The van der Waals surface area contributed by atoms with E-state index in [4.69, 9.17) is 19.9 Å². The Bertz CT molecular complexity index is 1290. The van der Waals surface area contributed by atoms with Gasteiger partial charge in [-0.3, -0.25) is 4.79 Å². The average Bonchev–Trinajstić information content (AvgIpc) is 3.45. The van der Waals surface area contributed by atoms with Crippen LogP contribution in [0.25, 0.3) is 5.52 Å². The number of ether oxygens (including phenoxy) is 3. The molecular weight excluding hydrogens is 466 g/mol. The zero-order valence-electron chi connectivity index (χ0n) is 19.5. The minimum absolute atomic E-state index is 0.134. The molecular formula is C25H27N5O6. The van der Waals surface area contributed by atoms with E-state index in [0.717, 1.165) is 5.56 Å². The van der Waals surface area contributed by atoms with E-state index in [1.165, 1.54) is 16.9 Å². The van der Waals surface area contributed by atoms with Crippen LogP contribution in [-0.4, -0.2) is 68.9 Å². The molecule has 0 aliphatic carbocycles. The maximum Gasteiger partial charge on any atom is 0.306 e. The molecule has 2 aliphatic heterocycles. The monoisotopic (exact) mass is 493 g/mol. The molecule has 11 nitrogen and oxygen atoms in total. The van der Waals surface area contributed by atoms with E-state index in [-0.39, 0.29) is 24.5 Å². The number of nitriles is 1. The van der Waals surface area contributed by atoms with Crippen LogP contribution in [0.4, 0.5) is 5.82 Å². The van der Waals surface area contributed by atoms with Gasteiger partial charge in [0.05, 0.1) is 12.1 Å². The smallest absolute Gasteiger partial charge is 0.306 e. The van der Waals surface area contributed by atoms with Crippen LogP contribution in [0, 0.1) is 11.3 Å². The first-order valence-electron chi connectivity index (χ1n) is 11.7. The number of carbonyl (C=O) groups excluding carboxylic acids is 1. The lowest BCUT2D eigenvalue weighted by atomic mass is 9.72. The van der Waals surface area contributed by atoms with Crippen LogP contribution in [0.2, 0.25) is 0 Å². The van der Waals surface area contributed by atoms with Gasteiger partial charge in [0.2, 0.25) is 5.60 Å². The first kappa shape index (κ1) is 24.1. The Morgan fingerprint density at radius 2 is 1.97 bits per heavy atom. The molecule has 2 aromatic heterocycles. The van der Waals surface area contributed by atoms with Gasteiger partial charge in [0, 0.05) is 18.6 Å². The molecule has 4 atom stereocenters. The Morgan fingerprint density at radius 1 is 1.22 bits per heavy atom. The van der Waals surface area contributed by atoms with E-state index in [1.807, 2.05) is 36.4 Å². The molecule has 2 aliphatic rings. The van der Waals surface area contributed by atoms with E-state index in [0.29, 0.717) is 31.6 Å². The van der Waals surface area contributed by atoms with E-state index in [9.17, 15) is 20.3 Å². The predicted octanol–water partition coefficient (Wildman–Crippen LogP) is 0.833. The van der Waals surface area contributed by atoms with Crippen molar-refractivity contribution in [3.05, 3.63) is 60.0 Å². The van der Waals surface area contributed by atoms with E-state index < -0.39 is 35.3 Å². The zero-order chi connectivity index (χ0) is 25.3. The van der Waals surface area contributed by atoms with Crippen molar-refractivity contribution >= 4 is 17.3 Å². The maximum absolute atomic E-state index is 12.9. The molecule has 36 heavy (non-hydrogen) atoms. The number of esters is 1. The molecule has 0 radical (unpaired) electrons. The Kier molecular flexibility index (Phi) is 6.36. The highest BCUT2D eigenvalue weighted by Gasteiger charge is 2.58. The molecule has 11 heteroatoms. The van der Waals surface area contributed by atoms with Crippen molar-refractivity contribution in [1.29, 1.82) is 5.26 Å². The number of aromatic nitrogens is 3. The number of hydrogen-bond acceptors (Lipinski definition) is 10. The molecule has 4 N–H and O–H groups in total. The Balaban J connectivity index is 1.32. The van der Waals surface area contributed by atoms with Gasteiger partial charge in [-0.25, -0.2) is 9.50 Å².